The minimum absolute atomic E-state index is 0.000876. The van der Waals surface area contributed by atoms with Gasteiger partial charge in [0, 0.05) is 23.8 Å². The summed E-state index contributed by atoms with van der Waals surface area (Å²) in [5.41, 5.74) is 4.09. The van der Waals surface area contributed by atoms with E-state index in [4.69, 9.17) is 18.8 Å². The molecule has 0 unspecified atom stereocenters. The number of sulfonamides is 1. The molecule has 0 fully saturated rings. The van der Waals surface area contributed by atoms with Crippen LogP contribution in [0.3, 0.4) is 0 Å². The van der Waals surface area contributed by atoms with Gasteiger partial charge in [0.15, 0.2) is 0 Å². The van der Waals surface area contributed by atoms with Gasteiger partial charge in [0.05, 0.1) is 26.0 Å². The maximum atomic E-state index is 14.2. The fourth-order valence-electron chi connectivity index (χ4n) is 3.84. The van der Waals surface area contributed by atoms with Gasteiger partial charge >= 0.3 is 0 Å². The number of anilines is 1. The van der Waals surface area contributed by atoms with Crippen molar-refractivity contribution in [3.63, 3.8) is 0 Å². The van der Waals surface area contributed by atoms with Crippen molar-refractivity contribution in [2.24, 2.45) is 5.92 Å². The standard InChI is InChI=1S/C26H34N2O6S/c1-17(2)16-21-8-10-22(11-9-21)23-12-13-24(32-7)19(4)25(23)35(29,30)28(33-15-14-31-6)26-18(3)20(5)27-34-26/h8-13,17H,14-16H2,1-7H3. The van der Waals surface area contributed by atoms with Crippen LogP contribution in [0.25, 0.3) is 11.1 Å². The summed E-state index contributed by atoms with van der Waals surface area (Å²) in [5.74, 6) is 0.969. The predicted octanol–water partition coefficient (Wildman–Crippen LogP) is 5.25. The molecule has 0 aliphatic carbocycles. The fourth-order valence-corrected chi connectivity index (χ4v) is 5.56. The van der Waals surface area contributed by atoms with Gasteiger partial charge in [-0.1, -0.05) is 43.3 Å². The number of aromatic nitrogens is 1. The lowest BCUT2D eigenvalue weighted by atomic mass is 9.98. The number of methoxy groups -OCH3 is 2. The van der Waals surface area contributed by atoms with Crippen LogP contribution in [0.2, 0.25) is 0 Å². The Morgan fingerprint density at radius 3 is 2.20 bits per heavy atom. The molecule has 0 atom stereocenters. The lowest BCUT2D eigenvalue weighted by molar-refractivity contribution is 0.0727. The summed E-state index contributed by atoms with van der Waals surface area (Å²) >= 11 is 0. The van der Waals surface area contributed by atoms with Crippen LogP contribution in [0.4, 0.5) is 5.88 Å². The molecule has 0 N–H and O–H groups in total. The topological polar surface area (TPSA) is 91.1 Å². The first kappa shape index (κ1) is 26.7. The molecule has 0 spiro atoms. The molecule has 0 bridgehead atoms. The molecule has 0 saturated heterocycles. The Labute approximate surface area is 207 Å². The van der Waals surface area contributed by atoms with Gasteiger partial charge in [0.25, 0.3) is 15.9 Å². The number of nitrogens with zero attached hydrogens (tertiary/aromatic N) is 2. The highest BCUT2D eigenvalue weighted by molar-refractivity contribution is 7.92. The zero-order valence-corrected chi connectivity index (χ0v) is 22.2. The van der Waals surface area contributed by atoms with E-state index in [1.807, 2.05) is 24.3 Å². The molecule has 0 aliphatic heterocycles. The van der Waals surface area contributed by atoms with Gasteiger partial charge in [0.2, 0.25) is 0 Å². The highest BCUT2D eigenvalue weighted by Crippen LogP contribution is 2.39. The van der Waals surface area contributed by atoms with Gasteiger partial charge in [-0.05, 0) is 56.4 Å². The Hall–Kier alpha value is -2.88. The van der Waals surface area contributed by atoms with Crippen molar-refractivity contribution >= 4 is 15.9 Å². The number of ether oxygens (including phenoxy) is 2. The fraction of sp³-hybridized carbons (Fsp3) is 0.423. The van der Waals surface area contributed by atoms with Crippen molar-refractivity contribution in [1.29, 1.82) is 0 Å². The number of rotatable bonds is 11. The molecule has 0 saturated carbocycles. The van der Waals surface area contributed by atoms with Crippen LogP contribution in [0.5, 0.6) is 5.75 Å². The van der Waals surface area contributed by atoms with E-state index < -0.39 is 10.0 Å². The zero-order valence-electron chi connectivity index (χ0n) is 21.4. The third-order valence-corrected chi connectivity index (χ3v) is 7.51. The summed E-state index contributed by atoms with van der Waals surface area (Å²) in [6.45, 7) is 9.71. The molecule has 1 aromatic heterocycles. The average molecular weight is 503 g/mol. The summed E-state index contributed by atoms with van der Waals surface area (Å²) in [6, 6.07) is 11.5. The Balaban J connectivity index is 2.20. The highest BCUT2D eigenvalue weighted by Gasteiger charge is 2.36. The van der Waals surface area contributed by atoms with Gasteiger partial charge in [-0.25, -0.2) is 0 Å². The van der Waals surface area contributed by atoms with Crippen LogP contribution in [0.15, 0.2) is 45.8 Å². The van der Waals surface area contributed by atoms with Crippen molar-refractivity contribution < 1.29 is 27.3 Å². The van der Waals surface area contributed by atoms with Crippen LogP contribution >= 0.6 is 0 Å². The van der Waals surface area contributed by atoms with E-state index in [9.17, 15) is 8.42 Å². The molecular weight excluding hydrogens is 468 g/mol. The van der Waals surface area contributed by atoms with Crippen molar-refractivity contribution in [2.45, 2.75) is 45.9 Å². The minimum atomic E-state index is -4.27. The molecule has 2 aromatic carbocycles. The van der Waals surface area contributed by atoms with Crippen LogP contribution < -0.4 is 9.21 Å². The molecule has 0 aliphatic rings. The van der Waals surface area contributed by atoms with Gasteiger partial charge in [0.1, 0.15) is 10.6 Å². The van der Waals surface area contributed by atoms with E-state index >= 15 is 0 Å². The third kappa shape index (κ3) is 5.69. The second-order valence-electron chi connectivity index (χ2n) is 8.82. The van der Waals surface area contributed by atoms with Gasteiger partial charge in [-0.2, -0.15) is 8.42 Å². The van der Waals surface area contributed by atoms with Crippen LogP contribution in [0, 0.1) is 26.7 Å². The minimum Gasteiger partial charge on any atom is -0.496 e. The number of hydrogen-bond acceptors (Lipinski definition) is 7. The summed E-state index contributed by atoms with van der Waals surface area (Å²) in [4.78, 5) is 5.78. The first-order valence-corrected chi connectivity index (χ1v) is 12.9. The largest absolute Gasteiger partial charge is 0.496 e. The number of aryl methyl sites for hydroxylation is 1. The molecule has 0 amide bonds. The summed E-state index contributed by atoms with van der Waals surface area (Å²) in [5, 5.41) is 3.93. The van der Waals surface area contributed by atoms with Crippen molar-refractivity contribution in [2.75, 3.05) is 31.9 Å². The average Bonchev–Trinajstić information content (AvgIpc) is 3.14. The molecule has 1 heterocycles. The normalized spacial score (nSPS) is 11.8. The summed E-state index contributed by atoms with van der Waals surface area (Å²) in [6.07, 6.45) is 0.943. The van der Waals surface area contributed by atoms with Crippen molar-refractivity contribution in [3.8, 4) is 16.9 Å². The van der Waals surface area contributed by atoms with Gasteiger partial charge < -0.3 is 14.0 Å². The van der Waals surface area contributed by atoms with Crippen LogP contribution in [-0.2, 0) is 26.0 Å². The highest BCUT2D eigenvalue weighted by atomic mass is 32.2. The molecule has 3 aromatic rings. The molecule has 0 radical (unpaired) electrons. The zero-order chi connectivity index (χ0) is 25.8. The smallest absolute Gasteiger partial charge is 0.290 e. The molecule has 35 heavy (non-hydrogen) atoms. The van der Waals surface area contributed by atoms with Crippen molar-refractivity contribution in [3.05, 3.63) is 58.8 Å². The molecule has 8 nitrogen and oxygen atoms in total. The first-order chi connectivity index (χ1) is 16.6. The maximum absolute atomic E-state index is 14.2. The Morgan fingerprint density at radius 1 is 0.971 bits per heavy atom. The Morgan fingerprint density at radius 2 is 1.66 bits per heavy atom. The lowest BCUT2D eigenvalue weighted by Gasteiger charge is -2.24. The van der Waals surface area contributed by atoms with E-state index in [0.29, 0.717) is 34.1 Å². The molecule has 9 heteroatoms. The van der Waals surface area contributed by atoms with E-state index in [-0.39, 0.29) is 24.0 Å². The van der Waals surface area contributed by atoms with E-state index in [1.165, 1.54) is 19.8 Å². The molecule has 3 rings (SSSR count). The summed E-state index contributed by atoms with van der Waals surface area (Å²) < 4.78 is 45.1. The van der Waals surface area contributed by atoms with E-state index in [0.717, 1.165) is 16.5 Å². The van der Waals surface area contributed by atoms with Gasteiger partial charge in [-0.3, -0.25) is 4.84 Å². The molecular formula is C26H34N2O6S. The summed E-state index contributed by atoms with van der Waals surface area (Å²) in [7, 11) is -1.25. The van der Waals surface area contributed by atoms with Crippen LogP contribution in [-0.4, -0.2) is 41.0 Å². The predicted molar refractivity (Wildman–Crippen MR) is 135 cm³/mol. The maximum Gasteiger partial charge on any atom is 0.290 e. The SMILES string of the molecule is COCCON(c1onc(C)c1C)S(=O)(=O)c1c(-c2ccc(CC(C)C)cc2)ccc(OC)c1C. The molecule has 190 valence electrons. The first-order valence-electron chi connectivity index (χ1n) is 11.5. The van der Waals surface area contributed by atoms with Crippen molar-refractivity contribution in [1.82, 2.24) is 5.16 Å². The number of hydrogen-bond donors (Lipinski definition) is 0. The second-order valence-corrected chi connectivity index (χ2v) is 10.5. The monoisotopic (exact) mass is 502 g/mol. The quantitative estimate of drug-likeness (QED) is 0.261. The number of benzene rings is 2. The van der Waals surface area contributed by atoms with E-state index in [2.05, 4.69) is 19.0 Å². The third-order valence-electron chi connectivity index (χ3n) is 5.76. The van der Waals surface area contributed by atoms with Gasteiger partial charge in [-0.15, -0.1) is 4.47 Å². The second kappa shape index (κ2) is 11.2. The van der Waals surface area contributed by atoms with Crippen LogP contribution in [0.1, 0.15) is 36.2 Å². The Kier molecular flexibility index (Phi) is 8.58. The lowest BCUT2D eigenvalue weighted by Crippen LogP contribution is -2.33. The van der Waals surface area contributed by atoms with E-state index in [1.54, 1.807) is 32.9 Å². The Bertz CT molecular complexity index is 1250.